The van der Waals surface area contributed by atoms with Crippen molar-refractivity contribution >= 4 is 35.4 Å². The van der Waals surface area contributed by atoms with Crippen LogP contribution in [0.25, 0.3) is 0 Å². The lowest BCUT2D eigenvalue weighted by Gasteiger charge is -2.59. The number of nitrogens with one attached hydrogen (secondary N) is 1. The fourth-order valence-electron chi connectivity index (χ4n) is 9.23. The van der Waals surface area contributed by atoms with Crippen LogP contribution in [0.1, 0.15) is 104 Å². The Kier molecular flexibility index (Phi) is 15.9. The molecule has 0 saturated heterocycles. The monoisotopic (exact) mass is 769 g/mol. The van der Waals surface area contributed by atoms with Gasteiger partial charge in [-0.2, -0.15) is 0 Å². The second kappa shape index (κ2) is 19.6. The number of nitrogens with zero attached hydrogens (tertiary/aromatic N) is 2. The Morgan fingerprint density at radius 1 is 0.944 bits per heavy atom. The van der Waals surface area contributed by atoms with Gasteiger partial charge in [-0.05, 0) is 92.4 Å². The Labute approximate surface area is 311 Å². The number of ether oxygens (including phenoxy) is 1. The Morgan fingerprint density at radius 3 is 2.24 bits per heavy atom. The van der Waals surface area contributed by atoms with Crippen LogP contribution in [-0.4, -0.2) is 92.8 Å². The number of aliphatic hydroxyl groups is 1. The third-order valence-corrected chi connectivity index (χ3v) is 11.6. The van der Waals surface area contributed by atoms with Crippen molar-refractivity contribution in [3.63, 3.8) is 0 Å². The van der Waals surface area contributed by atoms with Gasteiger partial charge in [0.15, 0.2) is 11.6 Å². The van der Waals surface area contributed by atoms with Gasteiger partial charge < -0.3 is 35.0 Å². The minimum atomic E-state index is -1.52. The molecule has 0 aromatic carbocycles. The Bertz CT molecular complexity index is 1450. The van der Waals surface area contributed by atoms with E-state index in [-0.39, 0.29) is 67.2 Å². The first-order valence-corrected chi connectivity index (χ1v) is 18.3. The number of Topliss-reactive ketones (excluding diaryl/α,β-unsaturated/α-hetero) is 1. The van der Waals surface area contributed by atoms with Crippen LogP contribution in [0.2, 0.25) is 0 Å². The summed E-state index contributed by atoms with van der Waals surface area (Å²) in [6.45, 7) is 3.47. The average molecular weight is 770 g/mol. The van der Waals surface area contributed by atoms with Gasteiger partial charge in [0.2, 0.25) is 5.91 Å². The summed E-state index contributed by atoms with van der Waals surface area (Å²) in [5, 5.41) is 49.1. The fraction of sp³-hybridized carbons (Fsp3) is 0.771. The molecular weight excluding hydrogens is 718 g/mol. The van der Waals surface area contributed by atoms with E-state index in [1.54, 1.807) is 6.08 Å². The van der Waals surface area contributed by atoms with Crippen LogP contribution >= 0.6 is 0 Å². The molecule has 0 bridgehead atoms. The molecule has 0 heterocycles. The van der Waals surface area contributed by atoms with E-state index in [9.17, 15) is 59.2 Å². The highest BCUT2D eigenvalue weighted by Gasteiger charge is 2.63. The van der Waals surface area contributed by atoms with Crippen LogP contribution < -0.4 is 5.32 Å². The second-order valence-electron chi connectivity index (χ2n) is 15.0. The second-order valence-corrected chi connectivity index (χ2v) is 15.0. The zero-order chi connectivity index (χ0) is 40.2. The van der Waals surface area contributed by atoms with E-state index < -0.39 is 70.5 Å². The van der Waals surface area contributed by atoms with Gasteiger partial charge in [0.05, 0.1) is 25.7 Å². The zero-order valence-electron chi connectivity index (χ0n) is 30.6. The van der Waals surface area contributed by atoms with E-state index in [2.05, 4.69) is 28.8 Å². The molecule has 0 aromatic rings. The Morgan fingerprint density at radius 2 is 1.61 bits per heavy atom. The van der Waals surface area contributed by atoms with Gasteiger partial charge in [0.25, 0.3) is 10.2 Å². The molecule has 0 spiro atoms. The predicted molar refractivity (Wildman–Crippen MR) is 183 cm³/mol. The van der Waals surface area contributed by atoms with Gasteiger partial charge in [0, 0.05) is 25.2 Å². The lowest BCUT2D eigenvalue weighted by Crippen LogP contribution is -2.57. The number of hydrogen-bond donors (Lipinski definition) is 4. The van der Waals surface area contributed by atoms with E-state index in [1.165, 1.54) is 0 Å². The van der Waals surface area contributed by atoms with Crippen molar-refractivity contribution in [2.75, 3.05) is 19.8 Å². The summed E-state index contributed by atoms with van der Waals surface area (Å²) in [5.41, 5.74) is 0.463. The number of amides is 1. The molecule has 0 aliphatic heterocycles. The van der Waals surface area contributed by atoms with Crippen LogP contribution in [0.4, 0.5) is 0 Å². The lowest BCUT2D eigenvalue weighted by atomic mass is 9.46. The lowest BCUT2D eigenvalue weighted by molar-refractivity contribution is -0.757. The standard InChI is InChI=1S/C31H44N2O11.C4H7NO5/c1-30-12-11-19(34)14-18(30)7-8-20-21-9-10-22(31(21,2)16-24(35)28(20)30)25(36)17-43-27(38)15-23(29(39)40)32-26(37)6-4-3-5-13-44-33(41)42;6-4(7)2-1-3-10-5(8)9/h14,20-24,28,35H,3-13,15-17H2,1-2H3,(H,32,37)(H,39,40);1-3H2,(H,6,7). The molecular formula is C35H51N3O16. The number of fused-ring (bicyclic) bond motifs is 5. The maximum atomic E-state index is 13.4. The molecule has 19 heteroatoms. The summed E-state index contributed by atoms with van der Waals surface area (Å²) >= 11 is 0. The number of allylic oxidation sites excluding steroid dienone is 1. The van der Waals surface area contributed by atoms with Gasteiger partial charge in [-0.25, -0.2) is 4.79 Å². The SMILES string of the molecule is CC12CCC(=O)C=C1CCC1C2C(O)CC2(C)C(C(=O)COC(=O)CC(NC(=O)CCCCCO[N+](=O)[O-])C(=O)O)CCC12.O=C(O)CCCO[N+](=O)[O-]. The average Bonchev–Trinajstić information content (AvgIpc) is 3.43. The van der Waals surface area contributed by atoms with E-state index >= 15 is 0 Å². The van der Waals surface area contributed by atoms with Crippen molar-refractivity contribution in [1.29, 1.82) is 0 Å². The van der Waals surface area contributed by atoms with Crippen molar-refractivity contribution in [2.24, 2.45) is 34.5 Å². The third-order valence-electron chi connectivity index (χ3n) is 11.6. The van der Waals surface area contributed by atoms with Gasteiger partial charge in [-0.1, -0.05) is 25.8 Å². The normalized spacial score (nSPS) is 28.6. The number of hydrogen-bond acceptors (Lipinski definition) is 14. The van der Waals surface area contributed by atoms with Crippen molar-refractivity contribution < 1.29 is 68.7 Å². The third kappa shape index (κ3) is 11.7. The molecule has 4 N–H and O–H groups in total. The first-order chi connectivity index (χ1) is 25.4. The molecule has 4 aliphatic carbocycles. The maximum absolute atomic E-state index is 13.4. The minimum Gasteiger partial charge on any atom is -0.481 e. The Balaban J connectivity index is 0.000000687. The molecule has 3 fully saturated rings. The number of ketones is 2. The summed E-state index contributed by atoms with van der Waals surface area (Å²) in [6.07, 6.45) is 6.54. The summed E-state index contributed by atoms with van der Waals surface area (Å²) < 4.78 is 5.20. The van der Waals surface area contributed by atoms with E-state index in [4.69, 9.17) is 9.84 Å². The number of carbonyl (C=O) groups excluding carboxylic acids is 4. The van der Waals surface area contributed by atoms with Crippen molar-refractivity contribution in [1.82, 2.24) is 5.32 Å². The van der Waals surface area contributed by atoms with Crippen molar-refractivity contribution in [3.05, 3.63) is 31.9 Å². The molecule has 8 unspecified atom stereocenters. The van der Waals surface area contributed by atoms with Crippen LogP contribution in [0.5, 0.6) is 0 Å². The number of carboxylic acids is 2. The first-order valence-electron chi connectivity index (χ1n) is 18.3. The van der Waals surface area contributed by atoms with Crippen molar-refractivity contribution in [3.8, 4) is 0 Å². The van der Waals surface area contributed by atoms with Gasteiger partial charge in [0.1, 0.15) is 12.6 Å². The molecule has 8 atom stereocenters. The van der Waals surface area contributed by atoms with Crippen LogP contribution in [-0.2, 0) is 43.2 Å². The molecule has 4 aliphatic rings. The Hall–Kier alpha value is -4.68. The largest absolute Gasteiger partial charge is 0.481 e. The quantitative estimate of drug-likeness (QED) is 0.0635. The summed E-state index contributed by atoms with van der Waals surface area (Å²) in [4.78, 5) is 99.3. The van der Waals surface area contributed by atoms with Crippen molar-refractivity contribution in [2.45, 2.75) is 116 Å². The number of unbranched alkanes of at least 4 members (excludes halogenated alkanes) is 2. The number of carboxylic acid groups (broad SMARTS) is 2. The smallest absolute Gasteiger partial charge is 0.326 e. The molecule has 0 radical (unpaired) electrons. The molecule has 0 aromatic heterocycles. The molecule has 302 valence electrons. The first kappa shape index (κ1) is 43.7. The number of carbonyl (C=O) groups is 6. The molecule has 19 nitrogen and oxygen atoms in total. The van der Waals surface area contributed by atoms with E-state index in [0.29, 0.717) is 38.5 Å². The molecule has 54 heavy (non-hydrogen) atoms. The van der Waals surface area contributed by atoms with Crippen LogP contribution in [0.3, 0.4) is 0 Å². The van der Waals surface area contributed by atoms with E-state index in [0.717, 1.165) is 31.3 Å². The van der Waals surface area contributed by atoms with Gasteiger partial charge in [-0.15, -0.1) is 20.2 Å². The predicted octanol–water partition coefficient (Wildman–Crippen LogP) is 3.01. The fourth-order valence-corrected chi connectivity index (χ4v) is 9.23. The van der Waals surface area contributed by atoms with E-state index in [1.807, 2.05) is 0 Å². The highest BCUT2D eigenvalue weighted by Crippen LogP contribution is 2.66. The molecule has 3 saturated carbocycles. The van der Waals surface area contributed by atoms with Crippen LogP contribution in [0.15, 0.2) is 11.6 Å². The van der Waals surface area contributed by atoms with Gasteiger partial charge in [-0.3, -0.25) is 24.0 Å². The highest BCUT2D eigenvalue weighted by molar-refractivity contribution is 5.92. The topological polar surface area (TPSA) is 289 Å². The number of esters is 1. The number of aliphatic carboxylic acids is 2. The zero-order valence-corrected chi connectivity index (χ0v) is 30.6. The molecule has 4 rings (SSSR count). The van der Waals surface area contributed by atoms with Crippen LogP contribution in [0, 0.1) is 54.7 Å². The summed E-state index contributed by atoms with van der Waals surface area (Å²) in [6, 6.07) is -1.52. The summed E-state index contributed by atoms with van der Waals surface area (Å²) in [5.74, 6) is -3.92. The molecule has 1 amide bonds. The van der Waals surface area contributed by atoms with Gasteiger partial charge >= 0.3 is 17.9 Å². The highest BCUT2D eigenvalue weighted by atomic mass is 17.0. The minimum absolute atomic E-state index is 0.0280. The maximum Gasteiger partial charge on any atom is 0.326 e. The number of rotatable bonds is 19. The summed E-state index contributed by atoms with van der Waals surface area (Å²) in [7, 11) is 0. The number of aliphatic hydroxyl groups excluding tert-OH is 1.